The van der Waals surface area contributed by atoms with Gasteiger partial charge >= 0.3 is 0 Å². The number of H-pyrrole nitrogens is 1. The first-order valence-corrected chi connectivity index (χ1v) is 9.43. The highest BCUT2D eigenvalue weighted by Crippen LogP contribution is 2.35. The summed E-state index contributed by atoms with van der Waals surface area (Å²) in [5, 5.41) is 12.7. The van der Waals surface area contributed by atoms with Crippen LogP contribution in [0.4, 0.5) is 15.9 Å². The van der Waals surface area contributed by atoms with Crippen LogP contribution < -0.4 is 20.3 Å². The Morgan fingerprint density at radius 3 is 2.81 bits per heavy atom. The van der Waals surface area contributed by atoms with Crippen molar-refractivity contribution in [1.29, 1.82) is 0 Å². The Morgan fingerprint density at radius 2 is 2.03 bits per heavy atom. The van der Waals surface area contributed by atoms with Gasteiger partial charge in [0.15, 0.2) is 17.3 Å². The van der Waals surface area contributed by atoms with Crippen molar-refractivity contribution in [3.8, 4) is 11.5 Å². The molecule has 0 spiro atoms. The average molecular weight is 425 g/mol. The minimum atomic E-state index is -0.565. The normalized spacial score (nSPS) is 11.0. The third-order valence-corrected chi connectivity index (χ3v) is 4.76. The molecular formula is C21H20FN5O4. The van der Waals surface area contributed by atoms with Gasteiger partial charge in [0.1, 0.15) is 12.1 Å². The Balaban J connectivity index is 1.67. The minimum Gasteiger partial charge on any atom is -0.493 e. The number of hydrogen-bond acceptors (Lipinski definition) is 7. The van der Waals surface area contributed by atoms with Crippen LogP contribution in [0.25, 0.3) is 21.8 Å². The third-order valence-electron chi connectivity index (χ3n) is 4.76. The van der Waals surface area contributed by atoms with E-state index in [-0.39, 0.29) is 24.5 Å². The van der Waals surface area contributed by atoms with Crippen LogP contribution in [-0.2, 0) is 4.79 Å². The highest BCUT2D eigenvalue weighted by atomic mass is 19.1. The number of hydroxylamine groups is 1. The van der Waals surface area contributed by atoms with E-state index in [0.29, 0.717) is 39.1 Å². The summed E-state index contributed by atoms with van der Waals surface area (Å²) in [6.07, 6.45) is 1.33. The molecule has 31 heavy (non-hydrogen) atoms. The lowest BCUT2D eigenvalue weighted by Crippen LogP contribution is -2.20. The average Bonchev–Trinajstić information content (AvgIpc) is 3.16. The number of aromatic nitrogens is 3. The number of nitrogens with one attached hydrogen (secondary N) is 3. The fraction of sp³-hybridized carbons (Fsp3) is 0.190. The van der Waals surface area contributed by atoms with Crippen LogP contribution >= 0.6 is 0 Å². The second-order valence-corrected chi connectivity index (χ2v) is 6.84. The molecule has 0 saturated heterocycles. The Hall–Kier alpha value is -3.92. The molecule has 0 aliphatic carbocycles. The van der Waals surface area contributed by atoms with Gasteiger partial charge < -0.3 is 19.8 Å². The molecule has 4 aromatic rings. The van der Waals surface area contributed by atoms with E-state index in [0.717, 1.165) is 5.69 Å². The number of aromatic amines is 1. The largest absolute Gasteiger partial charge is 0.493 e. The molecule has 4 N–H and O–H groups in total. The smallest absolute Gasteiger partial charge is 0.246 e. The predicted molar refractivity (Wildman–Crippen MR) is 112 cm³/mol. The van der Waals surface area contributed by atoms with Gasteiger partial charge in [0.05, 0.1) is 31.3 Å². The fourth-order valence-electron chi connectivity index (χ4n) is 3.28. The van der Waals surface area contributed by atoms with Crippen molar-refractivity contribution in [1.82, 2.24) is 20.4 Å². The number of rotatable bonds is 7. The number of benzene rings is 2. The number of amides is 1. The van der Waals surface area contributed by atoms with Gasteiger partial charge in [0, 0.05) is 28.0 Å². The van der Waals surface area contributed by atoms with Crippen molar-refractivity contribution in [3.05, 3.63) is 48.2 Å². The summed E-state index contributed by atoms with van der Waals surface area (Å²) in [6.45, 7) is 1.90. The van der Waals surface area contributed by atoms with Crippen LogP contribution in [0.3, 0.4) is 0 Å². The monoisotopic (exact) mass is 425 g/mol. The van der Waals surface area contributed by atoms with Crippen LogP contribution in [0.15, 0.2) is 36.7 Å². The van der Waals surface area contributed by atoms with Crippen LogP contribution in [0.5, 0.6) is 11.5 Å². The molecule has 0 saturated carbocycles. The quantitative estimate of drug-likeness (QED) is 0.264. The number of ether oxygens (including phenoxy) is 2. The molecule has 0 aliphatic heterocycles. The van der Waals surface area contributed by atoms with Crippen molar-refractivity contribution in [2.24, 2.45) is 0 Å². The second kappa shape index (κ2) is 8.44. The maximum Gasteiger partial charge on any atom is 0.246 e. The molecule has 10 heteroatoms. The van der Waals surface area contributed by atoms with Gasteiger partial charge in [-0.2, -0.15) is 0 Å². The number of hydrogen-bond donors (Lipinski definition) is 4. The summed E-state index contributed by atoms with van der Waals surface area (Å²) < 4.78 is 26.0. The summed E-state index contributed by atoms with van der Waals surface area (Å²) in [6, 6.07) is 8.51. The van der Waals surface area contributed by atoms with E-state index in [2.05, 4.69) is 20.3 Å². The number of fused-ring (bicyclic) bond motifs is 2. The lowest BCUT2D eigenvalue weighted by Gasteiger charge is -2.14. The zero-order chi connectivity index (χ0) is 22.0. The number of anilines is 2. The van der Waals surface area contributed by atoms with E-state index >= 15 is 0 Å². The number of halogens is 1. The Bertz CT molecular complexity index is 1270. The maximum absolute atomic E-state index is 15.0. The van der Waals surface area contributed by atoms with Crippen LogP contribution in [-0.4, -0.2) is 39.8 Å². The number of methoxy groups -OCH3 is 1. The molecule has 1 amide bonds. The zero-order valence-electron chi connectivity index (χ0n) is 16.8. The van der Waals surface area contributed by atoms with Gasteiger partial charge in [-0.15, -0.1) is 0 Å². The topological polar surface area (TPSA) is 121 Å². The second-order valence-electron chi connectivity index (χ2n) is 6.84. The van der Waals surface area contributed by atoms with Gasteiger partial charge in [-0.3, -0.25) is 10.0 Å². The zero-order valence-corrected chi connectivity index (χ0v) is 16.8. The minimum absolute atomic E-state index is 0.0331. The summed E-state index contributed by atoms with van der Waals surface area (Å²) in [4.78, 5) is 22.8. The number of carbonyl (C=O) groups is 1. The molecular weight excluding hydrogens is 405 g/mol. The van der Waals surface area contributed by atoms with Gasteiger partial charge in [0.25, 0.3) is 0 Å². The molecule has 2 heterocycles. The highest BCUT2D eigenvalue weighted by molar-refractivity contribution is 5.94. The van der Waals surface area contributed by atoms with E-state index in [1.165, 1.54) is 13.4 Å². The molecule has 0 fully saturated rings. The molecule has 0 radical (unpaired) electrons. The molecule has 0 unspecified atom stereocenters. The van der Waals surface area contributed by atoms with Crippen molar-refractivity contribution >= 4 is 39.2 Å². The highest BCUT2D eigenvalue weighted by Gasteiger charge is 2.15. The van der Waals surface area contributed by atoms with Crippen LogP contribution in [0, 0.1) is 12.7 Å². The molecule has 0 aliphatic rings. The SMILES string of the molecule is COc1cc2c(Nc3ccc4[nH]c(C)cc4c3F)ncnc2cc1OCCC(=O)NO. The Morgan fingerprint density at radius 1 is 1.19 bits per heavy atom. The summed E-state index contributed by atoms with van der Waals surface area (Å²) in [5.74, 6) is 0.223. The molecule has 2 aromatic carbocycles. The van der Waals surface area contributed by atoms with Gasteiger partial charge in [-0.1, -0.05) is 0 Å². The first kappa shape index (κ1) is 20.4. The summed E-state index contributed by atoms with van der Waals surface area (Å²) in [5.41, 5.74) is 3.95. The summed E-state index contributed by atoms with van der Waals surface area (Å²) in [7, 11) is 1.48. The molecule has 160 valence electrons. The number of nitrogens with zero attached hydrogens (tertiary/aromatic N) is 2. The Kier molecular flexibility index (Phi) is 5.54. The van der Waals surface area contributed by atoms with Gasteiger partial charge in [-0.25, -0.2) is 19.8 Å². The van der Waals surface area contributed by atoms with Crippen LogP contribution in [0.1, 0.15) is 12.1 Å². The number of aryl methyl sites for hydroxylation is 1. The summed E-state index contributed by atoms with van der Waals surface area (Å²) >= 11 is 0. The Labute approximate surface area is 176 Å². The number of carbonyl (C=O) groups excluding carboxylic acids is 1. The molecule has 4 rings (SSSR count). The fourth-order valence-corrected chi connectivity index (χ4v) is 3.28. The predicted octanol–water partition coefficient (Wildman–Crippen LogP) is 3.59. The van der Waals surface area contributed by atoms with E-state index < -0.39 is 5.91 Å². The molecule has 0 atom stereocenters. The van der Waals surface area contributed by atoms with Crippen LogP contribution in [0.2, 0.25) is 0 Å². The van der Waals surface area contributed by atoms with Gasteiger partial charge in [0.2, 0.25) is 5.91 Å². The van der Waals surface area contributed by atoms with E-state index in [1.807, 2.05) is 6.92 Å². The molecule has 0 bridgehead atoms. The third kappa shape index (κ3) is 4.05. The lowest BCUT2D eigenvalue weighted by molar-refractivity contribution is -0.129. The van der Waals surface area contributed by atoms with E-state index in [4.69, 9.17) is 14.7 Å². The van der Waals surface area contributed by atoms with Gasteiger partial charge in [-0.05, 0) is 31.2 Å². The van der Waals surface area contributed by atoms with E-state index in [9.17, 15) is 9.18 Å². The van der Waals surface area contributed by atoms with Crippen molar-refractivity contribution < 1.29 is 23.9 Å². The first-order valence-electron chi connectivity index (χ1n) is 9.43. The standard InChI is InChI=1S/C21H20FN5O4/c1-11-7-12-14(25-11)3-4-15(20(12)22)26-21-13-8-17(30-2)18(9-16(13)23-10-24-21)31-6-5-19(28)27-29/h3-4,7-10,25,29H,5-6H2,1-2H3,(H,27,28)(H,23,24,26). The maximum atomic E-state index is 15.0. The van der Waals surface area contributed by atoms with Crippen molar-refractivity contribution in [2.75, 3.05) is 19.0 Å². The molecule has 9 nitrogen and oxygen atoms in total. The molecule has 2 aromatic heterocycles. The van der Waals surface area contributed by atoms with Crippen molar-refractivity contribution in [2.45, 2.75) is 13.3 Å². The van der Waals surface area contributed by atoms with Crippen molar-refractivity contribution in [3.63, 3.8) is 0 Å². The lowest BCUT2D eigenvalue weighted by atomic mass is 10.2. The first-order chi connectivity index (χ1) is 15.0. The van der Waals surface area contributed by atoms with E-state index in [1.54, 1.807) is 35.8 Å².